The van der Waals surface area contributed by atoms with Crippen LogP contribution in [0.4, 0.5) is 0 Å². The number of ether oxygens (including phenoxy) is 1. The van der Waals surface area contributed by atoms with Crippen LogP contribution in [0.15, 0.2) is 24.3 Å². The summed E-state index contributed by atoms with van der Waals surface area (Å²) in [7, 11) is 0. The monoisotopic (exact) mass is 357 g/mol. The van der Waals surface area contributed by atoms with Crippen molar-refractivity contribution in [3.05, 3.63) is 35.4 Å². The van der Waals surface area contributed by atoms with Gasteiger partial charge in [-0.15, -0.1) is 0 Å². The first-order valence-corrected chi connectivity index (χ1v) is 9.14. The van der Waals surface area contributed by atoms with Gasteiger partial charge in [-0.25, -0.2) is 0 Å². The van der Waals surface area contributed by atoms with Crippen LogP contribution in [0.5, 0.6) is 0 Å². The van der Waals surface area contributed by atoms with Crippen molar-refractivity contribution in [3.8, 4) is 0 Å². The highest BCUT2D eigenvalue weighted by molar-refractivity contribution is 6.07. The lowest BCUT2D eigenvalue weighted by Gasteiger charge is -2.19. The Balaban J connectivity index is 1.53. The van der Waals surface area contributed by atoms with Crippen molar-refractivity contribution in [1.29, 1.82) is 0 Å². The van der Waals surface area contributed by atoms with Gasteiger partial charge in [-0.3, -0.25) is 24.1 Å². The van der Waals surface area contributed by atoms with Crippen molar-refractivity contribution < 1.29 is 23.9 Å². The van der Waals surface area contributed by atoms with Crippen LogP contribution in [-0.4, -0.2) is 41.6 Å². The van der Waals surface area contributed by atoms with Gasteiger partial charge >= 0.3 is 5.97 Å². The van der Waals surface area contributed by atoms with Crippen molar-refractivity contribution >= 4 is 23.6 Å². The van der Waals surface area contributed by atoms with Gasteiger partial charge in [0, 0.05) is 5.56 Å². The molecule has 26 heavy (non-hydrogen) atoms. The number of hydrogen-bond donors (Lipinski definition) is 0. The van der Waals surface area contributed by atoms with Gasteiger partial charge in [-0.1, -0.05) is 44.0 Å². The van der Waals surface area contributed by atoms with Crippen LogP contribution in [0, 0.1) is 11.8 Å². The van der Waals surface area contributed by atoms with E-state index < -0.39 is 19.1 Å². The molecule has 0 aromatic heterocycles. The third-order valence-electron chi connectivity index (χ3n) is 5.27. The summed E-state index contributed by atoms with van der Waals surface area (Å²) in [5.74, 6) is -2.18. The summed E-state index contributed by atoms with van der Waals surface area (Å²) >= 11 is 0. The zero-order chi connectivity index (χ0) is 18.7. The summed E-state index contributed by atoms with van der Waals surface area (Å²) < 4.78 is 4.99. The largest absolute Gasteiger partial charge is 0.456 e. The molecule has 1 heterocycles. The van der Waals surface area contributed by atoms with E-state index in [4.69, 9.17) is 4.74 Å². The molecule has 6 nitrogen and oxygen atoms in total. The average molecular weight is 357 g/mol. The summed E-state index contributed by atoms with van der Waals surface area (Å²) in [5.41, 5.74) is 1.58. The molecule has 0 unspecified atom stereocenters. The quantitative estimate of drug-likeness (QED) is 0.443. The van der Waals surface area contributed by atoms with Crippen LogP contribution in [-0.2, 0) is 25.5 Å². The zero-order valence-corrected chi connectivity index (χ0v) is 14.9. The van der Waals surface area contributed by atoms with E-state index in [0.717, 1.165) is 29.7 Å². The molecular weight excluding hydrogens is 334 g/mol. The molecular formula is C20H23NO5. The third kappa shape index (κ3) is 3.69. The summed E-state index contributed by atoms with van der Waals surface area (Å²) in [4.78, 5) is 49.8. The SMILES string of the molecule is CCc1ccc(C(=O)COC(=O)CN2C(=O)[C@@H]3CCCC[C@H]3C2=O)cc1. The molecule has 1 aromatic rings. The molecule has 2 amide bonds. The Morgan fingerprint density at radius 2 is 1.62 bits per heavy atom. The van der Waals surface area contributed by atoms with Crippen molar-refractivity contribution in [2.75, 3.05) is 13.2 Å². The minimum atomic E-state index is -0.733. The van der Waals surface area contributed by atoms with E-state index in [0.29, 0.717) is 18.4 Å². The molecule has 6 heteroatoms. The van der Waals surface area contributed by atoms with E-state index in [2.05, 4.69) is 0 Å². The zero-order valence-electron chi connectivity index (χ0n) is 14.9. The molecule has 0 spiro atoms. The number of benzene rings is 1. The Hall–Kier alpha value is -2.50. The van der Waals surface area contributed by atoms with Crippen LogP contribution in [0.2, 0.25) is 0 Å². The Labute approximate surface area is 152 Å². The van der Waals surface area contributed by atoms with Gasteiger partial charge in [0.25, 0.3) is 0 Å². The number of carbonyl (C=O) groups is 4. The topological polar surface area (TPSA) is 80.8 Å². The van der Waals surface area contributed by atoms with Gasteiger partial charge in [-0.2, -0.15) is 0 Å². The lowest BCUT2D eigenvalue weighted by Crippen LogP contribution is -2.37. The minimum Gasteiger partial charge on any atom is -0.456 e. The van der Waals surface area contributed by atoms with Crippen LogP contribution in [0.3, 0.4) is 0 Å². The maximum absolute atomic E-state index is 12.3. The number of aryl methyl sites for hydroxylation is 1. The molecule has 0 N–H and O–H groups in total. The van der Waals surface area contributed by atoms with Crippen LogP contribution in [0.1, 0.15) is 48.5 Å². The molecule has 0 bridgehead atoms. The van der Waals surface area contributed by atoms with Gasteiger partial charge in [0.1, 0.15) is 6.54 Å². The molecule has 3 rings (SSSR count). The predicted octanol–water partition coefficient (Wildman–Crippen LogP) is 2.15. The molecule has 138 valence electrons. The predicted molar refractivity (Wildman–Crippen MR) is 93.3 cm³/mol. The molecule has 1 saturated carbocycles. The summed E-state index contributed by atoms with van der Waals surface area (Å²) in [5, 5.41) is 0. The lowest BCUT2D eigenvalue weighted by molar-refractivity contribution is -0.152. The third-order valence-corrected chi connectivity index (χ3v) is 5.27. The average Bonchev–Trinajstić information content (AvgIpc) is 2.91. The Morgan fingerprint density at radius 1 is 1.04 bits per heavy atom. The highest BCUT2D eigenvalue weighted by atomic mass is 16.5. The van der Waals surface area contributed by atoms with E-state index in [-0.39, 0.29) is 29.4 Å². The molecule has 2 aliphatic rings. The maximum Gasteiger partial charge on any atom is 0.326 e. The fraction of sp³-hybridized carbons (Fsp3) is 0.500. The molecule has 1 saturated heterocycles. The number of fused-ring (bicyclic) bond motifs is 1. The van der Waals surface area contributed by atoms with Gasteiger partial charge in [0.15, 0.2) is 12.4 Å². The van der Waals surface area contributed by atoms with Crippen molar-refractivity contribution in [1.82, 2.24) is 4.90 Å². The molecule has 1 aliphatic carbocycles. The highest BCUT2D eigenvalue weighted by Gasteiger charge is 2.48. The highest BCUT2D eigenvalue weighted by Crippen LogP contribution is 2.37. The van der Waals surface area contributed by atoms with Gasteiger partial charge in [0.2, 0.25) is 11.8 Å². The molecule has 0 radical (unpaired) electrons. The molecule has 1 aromatic carbocycles. The number of esters is 1. The Kier molecular flexibility index (Phi) is 5.49. The Bertz CT molecular complexity index is 700. The first-order chi connectivity index (χ1) is 12.5. The number of Topliss-reactive ketones (excluding diaryl/α,β-unsaturated/α-hetero) is 1. The summed E-state index contributed by atoms with van der Waals surface area (Å²) in [6.07, 6.45) is 4.15. The second-order valence-electron chi connectivity index (χ2n) is 6.89. The number of likely N-dealkylation sites (tertiary alicyclic amines) is 1. The summed E-state index contributed by atoms with van der Waals surface area (Å²) in [6, 6.07) is 7.12. The van der Waals surface area contributed by atoms with Crippen LogP contribution < -0.4 is 0 Å². The van der Waals surface area contributed by atoms with E-state index in [1.165, 1.54) is 0 Å². The van der Waals surface area contributed by atoms with Crippen LogP contribution >= 0.6 is 0 Å². The molecule has 2 fully saturated rings. The number of nitrogens with zero attached hydrogens (tertiary/aromatic N) is 1. The fourth-order valence-electron chi connectivity index (χ4n) is 3.72. The second kappa shape index (κ2) is 7.81. The smallest absolute Gasteiger partial charge is 0.326 e. The number of carbonyl (C=O) groups excluding carboxylic acids is 4. The Morgan fingerprint density at radius 3 is 2.15 bits per heavy atom. The summed E-state index contributed by atoms with van der Waals surface area (Å²) in [6.45, 7) is 1.22. The second-order valence-corrected chi connectivity index (χ2v) is 6.89. The maximum atomic E-state index is 12.3. The van der Waals surface area contributed by atoms with Crippen molar-refractivity contribution in [3.63, 3.8) is 0 Å². The van der Waals surface area contributed by atoms with E-state index in [9.17, 15) is 19.2 Å². The first kappa shape index (κ1) is 18.3. The normalized spacial score (nSPS) is 22.3. The van der Waals surface area contributed by atoms with Crippen molar-refractivity contribution in [2.45, 2.75) is 39.0 Å². The lowest BCUT2D eigenvalue weighted by atomic mass is 9.81. The molecule has 2 atom stereocenters. The van der Waals surface area contributed by atoms with Gasteiger partial charge in [-0.05, 0) is 24.8 Å². The molecule has 1 aliphatic heterocycles. The van der Waals surface area contributed by atoms with Crippen LogP contribution in [0.25, 0.3) is 0 Å². The standard InChI is InChI=1S/C20H23NO5/c1-2-13-7-9-14(10-8-13)17(22)12-26-18(23)11-21-19(24)15-5-3-4-6-16(15)20(21)25/h7-10,15-16H,2-6,11-12H2,1H3/t15-,16-/m1/s1. The van der Waals surface area contributed by atoms with Crippen molar-refractivity contribution in [2.24, 2.45) is 11.8 Å². The minimum absolute atomic E-state index is 0.280. The van der Waals surface area contributed by atoms with E-state index in [1.807, 2.05) is 19.1 Å². The number of imide groups is 1. The number of rotatable bonds is 6. The first-order valence-electron chi connectivity index (χ1n) is 9.14. The fourth-order valence-corrected chi connectivity index (χ4v) is 3.72. The van der Waals surface area contributed by atoms with E-state index >= 15 is 0 Å². The number of amides is 2. The van der Waals surface area contributed by atoms with Gasteiger partial charge < -0.3 is 4.74 Å². The number of hydrogen-bond acceptors (Lipinski definition) is 5. The van der Waals surface area contributed by atoms with Gasteiger partial charge in [0.05, 0.1) is 11.8 Å². The number of ketones is 1. The van der Waals surface area contributed by atoms with E-state index in [1.54, 1.807) is 12.1 Å².